The van der Waals surface area contributed by atoms with Crippen molar-refractivity contribution >= 4 is 23.0 Å². The molecule has 2 heterocycles. The summed E-state index contributed by atoms with van der Waals surface area (Å²) in [6, 6.07) is 8.52. The van der Waals surface area contributed by atoms with Gasteiger partial charge in [-0.2, -0.15) is 0 Å². The van der Waals surface area contributed by atoms with Gasteiger partial charge in [0.2, 0.25) is 0 Å². The van der Waals surface area contributed by atoms with Crippen molar-refractivity contribution in [2.24, 2.45) is 5.92 Å². The summed E-state index contributed by atoms with van der Waals surface area (Å²) in [4.78, 5) is 28.0. The van der Waals surface area contributed by atoms with Crippen molar-refractivity contribution < 1.29 is 24.2 Å². The summed E-state index contributed by atoms with van der Waals surface area (Å²) < 4.78 is 10.6. The van der Waals surface area contributed by atoms with Crippen LogP contribution in [0, 0.1) is 5.92 Å². The van der Waals surface area contributed by atoms with Gasteiger partial charge in [0.25, 0.3) is 5.91 Å². The molecule has 6 nitrogen and oxygen atoms in total. The first-order chi connectivity index (χ1) is 13.4. The van der Waals surface area contributed by atoms with Crippen LogP contribution in [0.25, 0.3) is 0 Å². The first-order valence-corrected chi connectivity index (χ1v) is 9.79. The second-order valence-electron chi connectivity index (χ2n) is 6.82. The molecule has 1 aromatic heterocycles. The van der Waals surface area contributed by atoms with Crippen LogP contribution in [0.1, 0.15) is 30.3 Å². The molecule has 1 atom stereocenters. The van der Waals surface area contributed by atoms with Crippen molar-refractivity contribution in [3.63, 3.8) is 0 Å². The molecule has 1 N–H and O–H groups in total. The third-order valence-electron chi connectivity index (χ3n) is 4.71. The minimum absolute atomic E-state index is 0.169. The van der Waals surface area contributed by atoms with Crippen molar-refractivity contribution in [3.8, 4) is 11.5 Å². The number of hydrogen-bond donors (Lipinski definition) is 1. The van der Waals surface area contributed by atoms with Gasteiger partial charge in [0.1, 0.15) is 0 Å². The predicted octanol–water partition coefficient (Wildman–Crippen LogP) is 3.89. The van der Waals surface area contributed by atoms with Crippen LogP contribution >= 0.6 is 11.3 Å². The summed E-state index contributed by atoms with van der Waals surface area (Å²) in [6.07, 6.45) is 0. The van der Waals surface area contributed by atoms with Gasteiger partial charge in [0.05, 0.1) is 25.8 Å². The fourth-order valence-corrected chi connectivity index (χ4v) is 4.14. The zero-order valence-corrected chi connectivity index (χ0v) is 17.1. The van der Waals surface area contributed by atoms with Gasteiger partial charge in [0.15, 0.2) is 23.0 Å². The summed E-state index contributed by atoms with van der Waals surface area (Å²) in [5.41, 5.74) is 0.974. The molecule has 0 spiro atoms. The van der Waals surface area contributed by atoms with Gasteiger partial charge in [-0.15, -0.1) is 11.3 Å². The Labute approximate surface area is 168 Å². The second kappa shape index (κ2) is 8.06. The number of ether oxygens (including phenoxy) is 2. The van der Waals surface area contributed by atoms with Gasteiger partial charge in [-0.05, 0) is 29.1 Å². The maximum Gasteiger partial charge on any atom is 0.290 e. The van der Waals surface area contributed by atoms with E-state index in [0.717, 1.165) is 10.4 Å². The number of Topliss-reactive ketones (excluding diaryl/α,β-unsaturated/α-hetero) is 1. The quantitative estimate of drug-likeness (QED) is 0.762. The fourth-order valence-electron chi connectivity index (χ4n) is 3.30. The molecule has 0 fully saturated rings. The van der Waals surface area contributed by atoms with Crippen molar-refractivity contribution in [2.75, 3.05) is 14.2 Å². The number of thiophene rings is 1. The molecule has 2 aromatic rings. The number of amides is 1. The monoisotopic (exact) mass is 401 g/mol. The van der Waals surface area contributed by atoms with E-state index < -0.39 is 17.7 Å². The van der Waals surface area contributed by atoms with E-state index in [1.165, 1.54) is 16.2 Å². The fraction of sp³-hybridized carbons (Fsp3) is 0.333. The average Bonchev–Trinajstić information content (AvgIpc) is 3.29. The van der Waals surface area contributed by atoms with E-state index in [0.29, 0.717) is 11.5 Å². The maximum absolute atomic E-state index is 12.8. The number of aliphatic hydroxyl groups excluding tert-OH is 1. The molecule has 1 unspecified atom stereocenters. The first kappa shape index (κ1) is 19.9. The lowest BCUT2D eigenvalue weighted by Crippen LogP contribution is -2.30. The number of methoxy groups -OCH3 is 2. The van der Waals surface area contributed by atoms with Gasteiger partial charge in [-0.1, -0.05) is 26.0 Å². The minimum atomic E-state index is -0.601. The van der Waals surface area contributed by atoms with E-state index in [1.54, 1.807) is 40.2 Å². The largest absolute Gasteiger partial charge is 0.503 e. The first-order valence-electron chi connectivity index (χ1n) is 8.91. The van der Waals surface area contributed by atoms with Gasteiger partial charge < -0.3 is 19.5 Å². The highest BCUT2D eigenvalue weighted by Gasteiger charge is 2.44. The van der Waals surface area contributed by atoms with E-state index >= 15 is 0 Å². The third-order valence-corrected chi connectivity index (χ3v) is 5.63. The molecular weight excluding hydrogens is 378 g/mol. The van der Waals surface area contributed by atoms with Crippen LogP contribution in [0.4, 0.5) is 0 Å². The summed E-state index contributed by atoms with van der Waals surface area (Å²) in [5.74, 6) is -0.414. The summed E-state index contributed by atoms with van der Waals surface area (Å²) in [5, 5.41) is 12.4. The molecule has 28 heavy (non-hydrogen) atoms. The number of carbonyl (C=O) groups excluding carboxylic acids is 2. The molecule has 1 aliphatic rings. The molecule has 1 amide bonds. The number of carbonyl (C=O) groups is 2. The Morgan fingerprint density at radius 3 is 2.50 bits per heavy atom. The topological polar surface area (TPSA) is 76.1 Å². The molecule has 7 heteroatoms. The summed E-state index contributed by atoms with van der Waals surface area (Å²) in [7, 11) is 3.10. The minimum Gasteiger partial charge on any atom is -0.503 e. The van der Waals surface area contributed by atoms with Crippen LogP contribution in [-0.2, 0) is 16.1 Å². The molecule has 0 radical (unpaired) electrons. The zero-order valence-electron chi connectivity index (χ0n) is 16.3. The molecule has 1 aromatic carbocycles. The van der Waals surface area contributed by atoms with Gasteiger partial charge in [-0.25, -0.2) is 0 Å². The molecular formula is C21H23NO5S. The van der Waals surface area contributed by atoms with E-state index in [9.17, 15) is 14.7 Å². The highest BCUT2D eigenvalue weighted by Crippen LogP contribution is 2.42. The smallest absolute Gasteiger partial charge is 0.290 e. The SMILES string of the molecule is COc1ccc(CN2C(=O)C(O)=C(C(=O)C(C)C)C2c2cccs2)cc1OC. The van der Waals surface area contributed by atoms with Crippen molar-refractivity contribution in [2.45, 2.75) is 26.4 Å². The highest BCUT2D eigenvalue weighted by atomic mass is 32.1. The third kappa shape index (κ3) is 3.49. The number of benzene rings is 1. The number of ketones is 1. The standard InChI is InChI=1S/C21H23NO5S/c1-12(2)19(23)17-18(16-6-5-9-28-16)22(21(25)20(17)24)11-13-7-8-14(26-3)15(10-13)27-4/h5-10,12,18,24H,11H2,1-4H3. The number of aliphatic hydroxyl groups is 1. The van der Waals surface area contributed by atoms with Crippen molar-refractivity contribution in [3.05, 3.63) is 57.5 Å². The van der Waals surface area contributed by atoms with Crippen LogP contribution in [0.2, 0.25) is 0 Å². The van der Waals surface area contributed by atoms with E-state index in [2.05, 4.69) is 0 Å². The Kier molecular flexibility index (Phi) is 5.74. The van der Waals surface area contributed by atoms with E-state index in [-0.39, 0.29) is 23.8 Å². The maximum atomic E-state index is 12.8. The molecule has 0 aliphatic carbocycles. The van der Waals surface area contributed by atoms with Crippen LogP contribution in [0.15, 0.2) is 47.0 Å². The van der Waals surface area contributed by atoms with Crippen molar-refractivity contribution in [1.29, 1.82) is 0 Å². The van der Waals surface area contributed by atoms with E-state index in [4.69, 9.17) is 9.47 Å². The Hall–Kier alpha value is -2.80. The summed E-state index contributed by atoms with van der Waals surface area (Å²) >= 11 is 1.45. The molecule has 148 valence electrons. The lowest BCUT2D eigenvalue weighted by molar-refractivity contribution is -0.130. The summed E-state index contributed by atoms with van der Waals surface area (Å²) in [6.45, 7) is 3.74. The van der Waals surface area contributed by atoms with Crippen LogP contribution in [0.5, 0.6) is 11.5 Å². The number of nitrogens with zero attached hydrogens (tertiary/aromatic N) is 1. The molecule has 0 saturated heterocycles. The second-order valence-corrected chi connectivity index (χ2v) is 7.80. The van der Waals surface area contributed by atoms with Crippen LogP contribution in [-0.4, -0.2) is 35.9 Å². The Balaban J connectivity index is 2.01. The Morgan fingerprint density at radius 1 is 1.21 bits per heavy atom. The van der Waals surface area contributed by atoms with Crippen molar-refractivity contribution in [1.82, 2.24) is 4.90 Å². The molecule has 0 bridgehead atoms. The highest BCUT2D eigenvalue weighted by molar-refractivity contribution is 7.10. The lowest BCUT2D eigenvalue weighted by atomic mass is 9.94. The Morgan fingerprint density at radius 2 is 1.93 bits per heavy atom. The van der Waals surface area contributed by atoms with Crippen LogP contribution < -0.4 is 9.47 Å². The van der Waals surface area contributed by atoms with E-state index in [1.807, 2.05) is 23.6 Å². The van der Waals surface area contributed by atoms with Gasteiger partial charge >= 0.3 is 0 Å². The zero-order chi connectivity index (χ0) is 20.4. The number of hydrogen-bond acceptors (Lipinski definition) is 6. The predicted molar refractivity (Wildman–Crippen MR) is 107 cm³/mol. The van der Waals surface area contributed by atoms with Gasteiger partial charge in [0, 0.05) is 17.3 Å². The molecule has 3 rings (SSSR count). The number of rotatable bonds is 7. The molecule has 1 aliphatic heterocycles. The Bertz CT molecular complexity index is 917. The lowest BCUT2D eigenvalue weighted by Gasteiger charge is -2.26. The molecule has 0 saturated carbocycles. The van der Waals surface area contributed by atoms with Crippen LogP contribution in [0.3, 0.4) is 0 Å². The average molecular weight is 401 g/mol. The van der Waals surface area contributed by atoms with Gasteiger partial charge in [-0.3, -0.25) is 9.59 Å². The normalized spacial score (nSPS) is 16.8.